The third kappa shape index (κ3) is 5.79. The van der Waals surface area contributed by atoms with E-state index >= 15 is 0 Å². The number of alkyl halides is 3. The monoisotopic (exact) mass is 523 g/mol. The van der Waals surface area contributed by atoms with Gasteiger partial charge in [0, 0.05) is 5.69 Å². The zero-order chi connectivity index (χ0) is 26.6. The summed E-state index contributed by atoms with van der Waals surface area (Å²) in [4.78, 5) is 51.4. The minimum atomic E-state index is -4.66. The predicted octanol–water partition coefficient (Wildman–Crippen LogP) is 3.00. The molecule has 0 saturated carbocycles. The van der Waals surface area contributed by atoms with E-state index in [1.807, 2.05) is 0 Å². The number of thiocarbonyl (C=S) groups is 1. The molecule has 2 amide bonds. The van der Waals surface area contributed by atoms with Crippen LogP contribution in [0.1, 0.15) is 22.3 Å². The Hall–Kier alpha value is -4.00. The molecule has 3 rings (SSSR count). The van der Waals surface area contributed by atoms with Crippen molar-refractivity contribution in [1.82, 2.24) is 4.90 Å². The van der Waals surface area contributed by atoms with Crippen LogP contribution in [0, 0.1) is 0 Å². The Kier molecular flexibility index (Phi) is 7.93. The van der Waals surface area contributed by atoms with Gasteiger partial charge in [-0.05, 0) is 54.7 Å². The largest absolute Gasteiger partial charge is 0.468 e. The van der Waals surface area contributed by atoms with Gasteiger partial charge in [-0.15, -0.1) is 0 Å². The van der Waals surface area contributed by atoms with Crippen LogP contribution in [0.25, 0.3) is 0 Å². The lowest BCUT2D eigenvalue weighted by Crippen LogP contribution is -2.41. The molecule has 36 heavy (non-hydrogen) atoms. The van der Waals surface area contributed by atoms with E-state index in [9.17, 15) is 32.3 Å². The Bertz CT molecular complexity index is 1200. The van der Waals surface area contributed by atoms with Gasteiger partial charge in [-0.25, -0.2) is 4.79 Å². The smallest absolute Gasteiger partial charge is 0.416 e. The van der Waals surface area contributed by atoms with E-state index < -0.39 is 54.5 Å². The zero-order valence-electron chi connectivity index (χ0n) is 19.0. The first kappa shape index (κ1) is 26.6. The molecule has 1 aliphatic heterocycles. The van der Waals surface area contributed by atoms with Crippen LogP contribution in [0.5, 0.6) is 0 Å². The van der Waals surface area contributed by atoms with Gasteiger partial charge in [-0.2, -0.15) is 13.2 Å². The summed E-state index contributed by atoms with van der Waals surface area (Å²) in [5.74, 6) is -2.74. The van der Waals surface area contributed by atoms with Crippen molar-refractivity contribution in [2.75, 3.05) is 31.0 Å². The fourth-order valence-corrected chi connectivity index (χ4v) is 3.86. The van der Waals surface area contributed by atoms with Crippen LogP contribution >= 0.6 is 12.2 Å². The number of nitrogens with one attached hydrogen (secondary N) is 1. The fraction of sp³-hybridized carbons (Fsp3) is 0.261. The number of methoxy groups -OCH3 is 2. The zero-order valence-corrected chi connectivity index (χ0v) is 19.8. The van der Waals surface area contributed by atoms with Gasteiger partial charge >= 0.3 is 18.1 Å². The van der Waals surface area contributed by atoms with Crippen LogP contribution < -0.4 is 10.2 Å². The molecule has 1 fully saturated rings. The van der Waals surface area contributed by atoms with Crippen LogP contribution in [-0.4, -0.2) is 60.6 Å². The number of anilines is 2. The molecule has 1 heterocycles. The average Bonchev–Trinajstić information content (AvgIpc) is 3.07. The number of esters is 2. The number of hydrogen-bond donors (Lipinski definition) is 1. The number of halogens is 3. The maximum atomic E-state index is 13.2. The van der Waals surface area contributed by atoms with Crippen LogP contribution in [-0.2, 0) is 30.0 Å². The molecule has 0 bridgehead atoms. The van der Waals surface area contributed by atoms with Crippen molar-refractivity contribution in [3.05, 3.63) is 59.7 Å². The Balaban J connectivity index is 1.84. The average molecular weight is 523 g/mol. The van der Waals surface area contributed by atoms with Crippen molar-refractivity contribution in [1.29, 1.82) is 0 Å². The van der Waals surface area contributed by atoms with E-state index in [2.05, 4.69) is 14.8 Å². The van der Waals surface area contributed by atoms with Gasteiger partial charge < -0.3 is 19.7 Å². The van der Waals surface area contributed by atoms with Crippen molar-refractivity contribution in [2.45, 2.75) is 18.6 Å². The molecule has 1 saturated heterocycles. The lowest BCUT2D eigenvalue weighted by atomic mass is 10.1. The molecule has 0 aromatic heterocycles. The summed E-state index contributed by atoms with van der Waals surface area (Å²) in [6, 6.07) is 8.46. The first-order valence-electron chi connectivity index (χ1n) is 10.3. The minimum Gasteiger partial charge on any atom is -0.468 e. The number of carbonyl (C=O) groups is 4. The van der Waals surface area contributed by atoms with Crippen molar-refractivity contribution < 1.29 is 41.8 Å². The number of ether oxygens (including phenoxy) is 2. The summed E-state index contributed by atoms with van der Waals surface area (Å²) in [6.45, 7) is -0.498. The summed E-state index contributed by atoms with van der Waals surface area (Å²) in [6.07, 6.45) is -5.13. The first-order chi connectivity index (χ1) is 17.0. The third-order valence-electron chi connectivity index (χ3n) is 5.25. The highest BCUT2D eigenvalue weighted by Crippen LogP contribution is 2.34. The van der Waals surface area contributed by atoms with Crippen LogP contribution in [0.2, 0.25) is 0 Å². The summed E-state index contributed by atoms with van der Waals surface area (Å²) in [5.41, 5.74) is -0.578. The summed E-state index contributed by atoms with van der Waals surface area (Å²) in [5, 5.41) is 2.32. The lowest BCUT2D eigenvalue weighted by Gasteiger charge is -2.22. The number of carbonyl (C=O) groups excluding carboxylic acids is 4. The van der Waals surface area contributed by atoms with Crippen LogP contribution in [0.4, 0.5) is 24.5 Å². The summed E-state index contributed by atoms with van der Waals surface area (Å²) < 4.78 is 48.8. The highest BCUT2D eigenvalue weighted by Gasteiger charge is 2.45. The second kappa shape index (κ2) is 10.7. The van der Waals surface area contributed by atoms with E-state index in [-0.39, 0.29) is 16.4 Å². The normalized spacial score (nSPS) is 15.6. The number of benzene rings is 2. The number of hydrogen-bond acceptors (Lipinski definition) is 7. The van der Waals surface area contributed by atoms with E-state index in [1.54, 1.807) is 0 Å². The molecular weight excluding hydrogens is 503 g/mol. The maximum Gasteiger partial charge on any atom is 0.416 e. The molecule has 0 radical (unpaired) electrons. The van der Waals surface area contributed by atoms with Crippen molar-refractivity contribution >= 4 is 52.5 Å². The van der Waals surface area contributed by atoms with Gasteiger partial charge in [0.2, 0.25) is 5.91 Å². The quantitative estimate of drug-likeness (QED) is 0.436. The van der Waals surface area contributed by atoms with Gasteiger partial charge in [0.05, 0.1) is 37.5 Å². The molecular formula is C23H20F3N3O6S. The van der Waals surface area contributed by atoms with Crippen molar-refractivity contribution in [3.63, 3.8) is 0 Å². The van der Waals surface area contributed by atoms with Crippen LogP contribution in [0.15, 0.2) is 48.5 Å². The molecule has 1 aliphatic rings. The summed E-state index contributed by atoms with van der Waals surface area (Å²) in [7, 11) is 2.34. The van der Waals surface area contributed by atoms with Gasteiger partial charge in [0.15, 0.2) is 5.11 Å². The lowest BCUT2D eigenvalue weighted by molar-refractivity contribution is -0.142. The Morgan fingerprint density at radius 2 is 1.72 bits per heavy atom. The molecule has 13 heteroatoms. The molecule has 1 atom stereocenters. The molecule has 0 unspecified atom stereocenters. The Labute approximate surface area is 208 Å². The van der Waals surface area contributed by atoms with Crippen LogP contribution in [0.3, 0.4) is 0 Å². The van der Waals surface area contributed by atoms with Gasteiger partial charge in [0.25, 0.3) is 5.91 Å². The third-order valence-corrected chi connectivity index (χ3v) is 5.66. The minimum absolute atomic E-state index is 0.156. The van der Waals surface area contributed by atoms with E-state index in [4.69, 9.17) is 12.2 Å². The topological polar surface area (TPSA) is 105 Å². The highest BCUT2D eigenvalue weighted by molar-refractivity contribution is 7.80. The fourth-order valence-electron chi connectivity index (χ4n) is 3.47. The standard InChI is InChI=1S/C23H20F3N3O6S/c1-34-19(31)12-28-17(11-18(30)27-15-8-6-13(7-9-15)21(33)35-2)20(32)29(22(28)36)16-5-3-4-14(10-16)23(24,25)26/h3-10,17H,11-12H2,1-2H3,(H,27,30)/t17-/m0/s1. The molecule has 9 nitrogen and oxygen atoms in total. The highest BCUT2D eigenvalue weighted by atomic mass is 32.1. The molecule has 1 N–H and O–H groups in total. The molecule has 0 aliphatic carbocycles. The molecule has 190 valence electrons. The summed E-state index contributed by atoms with van der Waals surface area (Å²) >= 11 is 5.30. The van der Waals surface area contributed by atoms with E-state index in [0.29, 0.717) is 5.69 Å². The molecule has 0 spiro atoms. The van der Waals surface area contributed by atoms with E-state index in [1.165, 1.54) is 37.4 Å². The van der Waals surface area contributed by atoms with Gasteiger partial charge in [-0.1, -0.05) is 6.07 Å². The SMILES string of the molecule is COC(=O)CN1C(=S)N(c2cccc(C(F)(F)F)c2)C(=O)[C@@H]1CC(=O)Nc1ccc(C(=O)OC)cc1. The number of amides is 2. The first-order valence-corrected chi connectivity index (χ1v) is 10.7. The predicted molar refractivity (Wildman–Crippen MR) is 125 cm³/mol. The molecule has 2 aromatic rings. The van der Waals surface area contributed by atoms with Crippen molar-refractivity contribution in [3.8, 4) is 0 Å². The van der Waals surface area contributed by atoms with Gasteiger partial charge in [-0.3, -0.25) is 19.3 Å². The Morgan fingerprint density at radius 3 is 2.31 bits per heavy atom. The van der Waals surface area contributed by atoms with E-state index in [0.717, 1.165) is 35.1 Å². The maximum absolute atomic E-state index is 13.2. The molecule has 2 aromatic carbocycles. The van der Waals surface area contributed by atoms with Crippen molar-refractivity contribution in [2.24, 2.45) is 0 Å². The second-order valence-electron chi connectivity index (χ2n) is 7.55. The number of rotatable bonds is 7. The number of nitrogens with zero attached hydrogens (tertiary/aromatic N) is 2. The Morgan fingerprint density at radius 1 is 1.06 bits per heavy atom. The second-order valence-corrected chi connectivity index (χ2v) is 7.91. The van der Waals surface area contributed by atoms with Gasteiger partial charge in [0.1, 0.15) is 12.6 Å².